The first-order valence-corrected chi connectivity index (χ1v) is 8.11. The molecule has 0 aliphatic carbocycles. The average molecular weight is 357 g/mol. The number of hydrogen-bond acceptors (Lipinski definition) is 2. The Morgan fingerprint density at radius 1 is 1.21 bits per heavy atom. The van der Waals surface area contributed by atoms with E-state index in [1.807, 2.05) is 24.3 Å². The van der Waals surface area contributed by atoms with Gasteiger partial charge in [0.05, 0.1) is 5.02 Å². The van der Waals surface area contributed by atoms with Gasteiger partial charge >= 0.3 is 0 Å². The monoisotopic (exact) mass is 355 g/mol. The van der Waals surface area contributed by atoms with Crippen molar-refractivity contribution in [3.8, 4) is 0 Å². The van der Waals surface area contributed by atoms with E-state index < -0.39 is 0 Å². The van der Waals surface area contributed by atoms with Crippen molar-refractivity contribution in [1.82, 2.24) is 5.32 Å². The smallest absolute Gasteiger partial charge is 0.0548 e. The average Bonchev–Trinajstić information content (AvgIpc) is 2.39. The van der Waals surface area contributed by atoms with Crippen LogP contribution in [-0.2, 0) is 6.54 Å². The lowest BCUT2D eigenvalue weighted by Gasteiger charge is -2.11. The summed E-state index contributed by atoms with van der Waals surface area (Å²) >= 11 is 11.5. The molecule has 100 valence electrons. The van der Waals surface area contributed by atoms with Gasteiger partial charge in [-0.25, -0.2) is 0 Å². The second-order valence-corrected chi connectivity index (χ2v) is 6.47. The minimum absolute atomic E-state index is 0.806. The van der Waals surface area contributed by atoms with Crippen LogP contribution in [0.4, 0.5) is 0 Å². The molecule has 0 amide bonds. The molecule has 0 saturated carbocycles. The van der Waals surface area contributed by atoms with Crippen molar-refractivity contribution in [3.05, 3.63) is 57.5 Å². The zero-order valence-electron chi connectivity index (χ0n) is 10.6. The van der Waals surface area contributed by atoms with Crippen LogP contribution in [0, 0.1) is 0 Å². The maximum absolute atomic E-state index is 6.34. The predicted molar refractivity (Wildman–Crippen MR) is 87.1 cm³/mol. The molecular formula is C15H15BrClNS. The highest BCUT2D eigenvalue weighted by Crippen LogP contribution is 2.36. The van der Waals surface area contributed by atoms with Gasteiger partial charge in [0.25, 0.3) is 0 Å². The largest absolute Gasteiger partial charge is 0.313 e. The molecule has 0 atom stereocenters. The minimum atomic E-state index is 0.806. The molecule has 0 saturated heterocycles. The zero-order chi connectivity index (χ0) is 13.7. The Morgan fingerprint density at radius 3 is 2.74 bits per heavy atom. The molecule has 0 aliphatic heterocycles. The van der Waals surface area contributed by atoms with Crippen molar-refractivity contribution < 1.29 is 0 Å². The predicted octanol–water partition coefficient (Wildman–Crippen LogP) is 5.36. The van der Waals surface area contributed by atoms with Crippen LogP contribution in [0.2, 0.25) is 5.02 Å². The number of hydrogen-bond donors (Lipinski definition) is 1. The summed E-state index contributed by atoms with van der Waals surface area (Å²) in [5, 5.41) is 4.15. The van der Waals surface area contributed by atoms with Gasteiger partial charge in [-0.3, -0.25) is 0 Å². The van der Waals surface area contributed by atoms with Crippen molar-refractivity contribution in [2.45, 2.75) is 23.3 Å². The topological polar surface area (TPSA) is 12.0 Å². The van der Waals surface area contributed by atoms with E-state index in [2.05, 4.69) is 46.4 Å². The molecule has 2 aromatic rings. The molecule has 1 nitrogen and oxygen atoms in total. The van der Waals surface area contributed by atoms with Crippen molar-refractivity contribution in [2.24, 2.45) is 0 Å². The summed E-state index contributed by atoms with van der Waals surface area (Å²) in [6, 6.07) is 14.3. The molecular weight excluding hydrogens is 342 g/mol. The molecule has 1 N–H and O–H groups in total. The summed E-state index contributed by atoms with van der Waals surface area (Å²) in [4.78, 5) is 2.31. The van der Waals surface area contributed by atoms with Crippen LogP contribution in [0.25, 0.3) is 0 Å². The normalized spacial score (nSPS) is 10.7. The van der Waals surface area contributed by atoms with E-state index in [9.17, 15) is 0 Å². The molecule has 0 radical (unpaired) electrons. The Kier molecular flexibility index (Phi) is 5.76. The summed E-state index contributed by atoms with van der Waals surface area (Å²) in [5.74, 6) is 0. The maximum Gasteiger partial charge on any atom is 0.0548 e. The Labute approximate surface area is 131 Å². The Hall–Kier alpha value is -0.480. The Morgan fingerprint density at radius 2 is 2.00 bits per heavy atom. The molecule has 0 heterocycles. The molecule has 0 bridgehead atoms. The van der Waals surface area contributed by atoms with E-state index in [1.165, 1.54) is 10.5 Å². The van der Waals surface area contributed by atoms with Gasteiger partial charge in [-0.1, -0.05) is 64.4 Å². The molecule has 2 aromatic carbocycles. The van der Waals surface area contributed by atoms with E-state index in [1.54, 1.807) is 11.8 Å². The van der Waals surface area contributed by atoms with Crippen LogP contribution in [0.5, 0.6) is 0 Å². The van der Waals surface area contributed by atoms with E-state index in [0.717, 1.165) is 27.5 Å². The summed E-state index contributed by atoms with van der Waals surface area (Å²) in [6.45, 7) is 3.90. The van der Waals surface area contributed by atoms with Crippen LogP contribution in [-0.4, -0.2) is 6.54 Å². The molecule has 0 aliphatic rings. The fourth-order valence-corrected chi connectivity index (χ4v) is 3.58. The summed E-state index contributed by atoms with van der Waals surface area (Å²) in [7, 11) is 0. The number of rotatable bonds is 5. The molecule has 0 unspecified atom stereocenters. The summed E-state index contributed by atoms with van der Waals surface area (Å²) < 4.78 is 1.08. The Bertz CT molecular complexity index is 560. The molecule has 4 heteroatoms. The van der Waals surface area contributed by atoms with Crippen LogP contribution < -0.4 is 5.32 Å². The lowest BCUT2D eigenvalue weighted by molar-refractivity contribution is 0.718. The van der Waals surface area contributed by atoms with Gasteiger partial charge < -0.3 is 5.32 Å². The third-order valence-corrected chi connectivity index (χ3v) is 4.73. The summed E-state index contributed by atoms with van der Waals surface area (Å²) in [5.41, 5.74) is 1.24. The second kappa shape index (κ2) is 7.34. The van der Waals surface area contributed by atoms with Gasteiger partial charge in [-0.2, -0.15) is 0 Å². The van der Waals surface area contributed by atoms with Gasteiger partial charge in [0.15, 0.2) is 0 Å². The van der Waals surface area contributed by atoms with Crippen LogP contribution in [0.15, 0.2) is 56.7 Å². The maximum atomic E-state index is 6.34. The number of benzene rings is 2. The number of halogens is 2. The highest BCUT2D eigenvalue weighted by molar-refractivity contribution is 9.10. The lowest BCUT2D eigenvalue weighted by Crippen LogP contribution is -2.12. The van der Waals surface area contributed by atoms with Crippen molar-refractivity contribution in [1.29, 1.82) is 0 Å². The van der Waals surface area contributed by atoms with Crippen LogP contribution in [0.1, 0.15) is 12.5 Å². The third kappa shape index (κ3) is 4.25. The lowest BCUT2D eigenvalue weighted by atomic mass is 10.2. The number of nitrogens with one attached hydrogen (secondary N) is 1. The van der Waals surface area contributed by atoms with E-state index in [0.29, 0.717) is 0 Å². The second-order valence-electron chi connectivity index (χ2n) is 4.07. The van der Waals surface area contributed by atoms with Gasteiger partial charge in [0, 0.05) is 20.8 Å². The quantitative estimate of drug-likeness (QED) is 0.773. The fourth-order valence-electron chi connectivity index (χ4n) is 1.72. The van der Waals surface area contributed by atoms with Gasteiger partial charge in [0.2, 0.25) is 0 Å². The van der Waals surface area contributed by atoms with Crippen LogP contribution >= 0.6 is 39.3 Å². The van der Waals surface area contributed by atoms with Crippen molar-refractivity contribution in [3.63, 3.8) is 0 Å². The van der Waals surface area contributed by atoms with E-state index in [4.69, 9.17) is 11.6 Å². The highest BCUT2D eigenvalue weighted by atomic mass is 79.9. The van der Waals surface area contributed by atoms with Crippen LogP contribution in [0.3, 0.4) is 0 Å². The van der Waals surface area contributed by atoms with Gasteiger partial charge in [-0.15, -0.1) is 0 Å². The third-order valence-electron chi connectivity index (χ3n) is 2.63. The van der Waals surface area contributed by atoms with Crippen molar-refractivity contribution in [2.75, 3.05) is 6.54 Å². The van der Waals surface area contributed by atoms with Gasteiger partial charge in [-0.05, 0) is 36.4 Å². The summed E-state index contributed by atoms with van der Waals surface area (Å²) in [6.07, 6.45) is 0. The first-order valence-electron chi connectivity index (χ1n) is 6.12. The van der Waals surface area contributed by atoms with E-state index >= 15 is 0 Å². The minimum Gasteiger partial charge on any atom is -0.313 e. The molecule has 0 spiro atoms. The molecule has 2 rings (SSSR count). The Balaban J connectivity index is 2.27. The fraction of sp³-hybridized carbons (Fsp3) is 0.200. The van der Waals surface area contributed by atoms with Crippen molar-refractivity contribution >= 4 is 39.3 Å². The first kappa shape index (κ1) is 14.9. The van der Waals surface area contributed by atoms with Gasteiger partial charge in [0.1, 0.15) is 0 Å². The molecule has 19 heavy (non-hydrogen) atoms. The molecule has 0 fully saturated rings. The van der Waals surface area contributed by atoms with E-state index in [-0.39, 0.29) is 0 Å². The standard InChI is InChI=1S/C15H15BrClNS/c1-2-18-10-11-5-3-8-14(17)15(11)19-13-7-4-6-12(16)9-13/h3-9,18H,2,10H2,1H3. The zero-order valence-corrected chi connectivity index (χ0v) is 13.8. The molecule has 0 aromatic heterocycles. The highest BCUT2D eigenvalue weighted by Gasteiger charge is 2.08. The first-order chi connectivity index (χ1) is 9.20. The SMILES string of the molecule is CCNCc1cccc(Cl)c1Sc1cccc(Br)c1.